The maximum Gasteiger partial charge on any atom is 0.322 e. The predicted octanol–water partition coefficient (Wildman–Crippen LogP) is 4.23. The molecule has 1 unspecified atom stereocenters. The van der Waals surface area contributed by atoms with Crippen LogP contribution in [0.1, 0.15) is 35.4 Å². The lowest BCUT2D eigenvalue weighted by Gasteiger charge is -2.35. The molecule has 2 fully saturated rings. The molecule has 5 nitrogen and oxygen atoms in total. The molecule has 0 bridgehead atoms. The first kappa shape index (κ1) is 20.1. The van der Waals surface area contributed by atoms with Crippen molar-refractivity contribution < 1.29 is 19.2 Å². The molecule has 0 aromatic heterocycles. The number of piperidine rings is 1. The van der Waals surface area contributed by atoms with E-state index in [1.807, 2.05) is 50.2 Å². The van der Waals surface area contributed by atoms with E-state index in [-0.39, 0.29) is 5.78 Å². The third-order valence-corrected chi connectivity index (χ3v) is 6.34. The minimum atomic E-state index is -1.02. The van der Waals surface area contributed by atoms with E-state index in [2.05, 4.69) is 0 Å². The second-order valence-electron chi connectivity index (χ2n) is 7.85. The summed E-state index contributed by atoms with van der Waals surface area (Å²) < 4.78 is 5.71. The Morgan fingerprint density at radius 1 is 1.03 bits per heavy atom. The molecule has 1 atom stereocenters. The topological polar surface area (TPSA) is 55.8 Å². The number of Topliss-reactive ketones (excluding diaryl/α,β-unsaturated/α-hetero) is 1. The summed E-state index contributed by atoms with van der Waals surface area (Å²) in [5.41, 5.74) is 3.64. The van der Waals surface area contributed by atoms with Gasteiger partial charge in [-0.15, -0.1) is 0 Å². The third kappa shape index (κ3) is 3.48. The monoisotopic (exact) mass is 413 g/mol. The Hall–Kier alpha value is -2.21. The number of halogens is 1. The number of esters is 1. The Balaban J connectivity index is 1.67. The number of nitrogens with zero attached hydrogens (tertiary/aromatic N) is 1. The summed E-state index contributed by atoms with van der Waals surface area (Å²) in [6.07, 6.45) is 0.922. The Labute approximate surface area is 175 Å². The Morgan fingerprint density at radius 2 is 1.62 bits per heavy atom. The lowest BCUT2D eigenvalue weighted by molar-refractivity contribution is -0.184. The van der Waals surface area contributed by atoms with Gasteiger partial charge in [0.15, 0.2) is 11.4 Å². The van der Waals surface area contributed by atoms with Crippen LogP contribution in [0.5, 0.6) is 0 Å². The van der Waals surface area contributed by atoms with Gasteiger partial charge in [0.05, 0.1) is 7.11 Å². The number of ether oxygens (including phenoxy) is 1. The second-order valence-corrected chi connectivity index (χ2v) is 8.29. The van der Waals surface area contributed by atoms with E-state index < -0.39 is 17.5 Å². The summed E-state index contributed by atoms with van der Waals surface area (Å²) in [5.74, 6) is -1.42. The fourth-order valence-corrected chi connectivity index (χ4v) is 4.66. The zero-order valence-electron chi connectivity index (χ0n) is 16.8. The van der Waals surface area contributed by atoms with Crippen molar-refractivity contribution in [1.29, 1.82) is 0 Å². The largest absolute Gasteiger partial charge is 0.450 e. The number of carbonyl (C=O) groups excluding carboxylic acids is 2. The third-order valence-electron chi connectivity index (χ3n) is 6.09. The number of hydrogen-bond donors (Lipinski definition) is 0. The van der Waals surface area contributed by atoms with E-state index in [1.54, 1.807) is 12.2 Å². The van der Waals surface area contributed by atoms with Crippen LogP contribution in [-0.4, -0.2) is 42.6 Å². The molecule has 4 rings (SSSR count). The molecule has 2 aliphatic rings. The first-order valence-corrected chi connectivity index (χ1v) is 10.2. The summed E-state index contributed by atoms with van der Waals surface area (Å²) in [6.45, 7) is 5.02. The van der Waals surface area contributed by atoms with E-state index in [0.29, 0.717) is 31.0 Å². The first-order valence-electron chi connectivity index (χ1n) is 9.78. The van der Waals surface area contributed by atoms with Crippen molar-refractivity contribution in [1.82, 2.24) is 5.06 Å². The summed E-state index contributed by atoms with van der Waals surface area (Å²) >= 11 is 5.99. The molecule has 6 heteroatoms. The van der Waals surface area contributed by atoms with Gasteiger partial charge < -0.3 is 9.57 Å². The SMILES string of the molecule is CON1CCC2(CC1)OC(=O)C(c1c(C)cc(-c3ccc(Cl)cc3)cc1C)C2=O. The van der Waals surface area contributed by atoms with Crippen LogP contribution in [0.15, 0.2) is 36.4 Å². The molecule has 152 valence electrons. The van der Waals surface area contributed by atoms with Crippen LogP contribution < -0.4 is 0 Å². The second kappa shape index (κ2) is 7.56. The average molecular weight is 414 g/mol. The van der Waals surface area contributed by atoms with Crippen LogP contribution in [0.25, 0.3) is 11.1 Å². The molecule has 2 saturated heterocycles. The van der Waals surface area contributed by atoms with Gasteiger partial charge in [0.1, 0.15) is 5.92 Å². The van der Waals surface area contributed by atoms with Gasteiger partial charge in [-0.3, -0.25) is 9.59 Å². The lowest BCUT2D eigenvalue weighted by Crippen LogP contribution is -2.48. The van der Waals surface area contributed by atoms with Crippen molar-refractivity contribution in [2.75, 3.05) is 20.2 Å². The summed E-state index contributed by atoms with van der Waals surface area (Å²) in [4.78, 5) is 31.4. The molecule has 0 radical (unpaired) electrons. The highest BCUT2D eigenvalue weighted by Gasteiger charge is 2.57. The van der Waals surface area contributed by atoms with Crippen LogP contribution in [-0.2, 0) is 19.2 Å². The quantitative estimate of drug-likeness (QED) is 0.556. The molecular formula is C23H24ClNO4. The first-order chi connectivity index (χ1) is 13.8. The fraction of sp³-hybridized carbons (Fsp3) is 0.391. The normalized spacial score (nSPS) is 21.6. The van der Waals surface area contributed by atoms with Gasteiger partial charge in [0.2, 0.25) is 0 Å². The van der Waals surface area contributed by atoms with Gasteiger partial charge in [0, 0.05) is 31.0 Å². The van der Waals surface area contributed by atoms with E-state index in [0.717, 1.165) is 27.8 Å². The summed E-state index contributed by atoms with van der Waals surface area (Å²) in [5, 5.41) is 2.47. The fourth-order valence-electron chi connectivity index (χ4n) is 4.54. The molecule has 2 aromatic carbocycles. The highest BCUT2D eigenvalue weighted by molar-refractivity contribution is 6.30. The highest BCUT2D eigenvalue weighted by Crippen LogP contribution is 2.43. The average Bonchev–Trinajstić information content (AvgIpc) is 2.93. The van der Waals surface area contributed by atoms with Crippen LogP contribution in [0.4, 0.5) is 0 Å². The maximum absolute atomic E-state index is 13.4. The van der Waals surface area contributed by atoms with Crippen molar-refractivity contribution in [3.05, 3.63) is 58.1 Å². The zero-order chi connectivity index (χ0) is 20.8. The molecule has 2 aliphatic heterocycles. The van der Waals surface area contributed by atoms with Crippen LogP contribution in [0, 0.1) is 13.8 Å². The number of rotatable bonds is 3. The van der Waals surface area contributed by atoms with Gasteiger partial charge in [-0.05, 0) is 53.8 Å². The molecule has 2 heterocycles. The molecule has 29 heavy (non-hydrogen) atoms. The van der Waals surface area contributed by atoms with Gasteiger partial charge in [-0.25, -0.2) is 0 Å². The van der Waals surface area contributed by atoms with E-state index in [4.69, 9.17) is 21.2 Å². The van der Waals surface area contributed by atoms with Crippen LogP contribution in [0.3, 0.4) is 0 Å². The van der Waals surface area contributed by atoms with Crippen molar-refractivity contribution in [2.24, 2.45) is 0 Å². The number of ketones is 1. The number of benzene rings is 2. The predicted molar refractivity (Wildman–Crippen MR) is 111 cm³/mol. The smallest absolute Gasteiger partial charge is 0.322 e. The molecular weight excluding hydrogens is 390 g/mol. The minimum Gasteiger partial charge on any atom is -0.450 e. The van der Waals surface area contributed by atoms with Crippen LogP contribution >= 0.6 is 11.6 Å². The Kier molecular flexibility index (Phi) is 5.23. The Morgan fingerprint density at radius 3 is 2.17 bits per heavy atom. The molecule has 0 saturated carbocycles. The van der Waals surface area contributed by atoms with E-state index in [1.165, 1.54) is 0 Å². The van der Waals surface area contributed by atoms with E-state index in [9.17, 15) is 9.59 Å². The lowest BCUT2D eigenvalue weighted by atomic mass is 9.79. The number of carbonyl (C=O) groups is 2. The number of hydroxylamine groups is 2. The van der Waals surface area contributed by atoms with Gasteiger partial charge in [-0.1, -0.05) is 35.9 Å². The molecule has 0 aliphatic carbocycles. The maximum atomic E-state index is 13.4. The molecule has 0 amide bonds. The molecule has 1 spiro atoms. The summed E-state index contributed by atoms with van der Waals surface area (Å²) in [7, 11) is 1.61. The summed E-state index contributed by atoms with van der Waals surface area (Å²) in [6, 6.07) is 11.7. The van der Waals surface area contributed by atoms with Gasteiger partial charge >= 0.3 is 5.97 Å². The van der Waals surface area contributed by atoms with E-state index >= 15 is 0 Å². The molecule has 0 N–H and O–H groups in total. The minimum absolute atomic E-state index is 0.122. The van der Waals surface area contributed by atoms with Gasteiger partial charge in [-0.2, -0.15) is 5.06 Å². The van der Waals surface area contributed by atoms with Crippen LogP contribution in [0.2, 0.25) is 5.02 Å². The zero-order valence-corrected chi connectivity index (χ0v) is 17.6. The van der Waals surface area contributed by atoms with Gasteiger partial charge in [0.25, 0.3) is 0 Å². The standard InChI is InChI=1S/C23H24ClNO4/c1-14-12-17(16-4-6-18(24)7-5-16)13-15(2)19(14)20-21(26)23(29-22(20)27)8-10-25(28-3)11-9-23/h4-7,12-13,20H,8-11H2,1-3H3. The number of hydrogen-bond acceptors (Lipinski definition) is 5. The molecule has 2 aromatic rings. The van der Waals surface area contributed by atoms with Crippen molar-refractivity contribution in [2.45, 2.75) is 38.2 Å². The van der Waals surface area contributed by atoms with Crippen molar-refractivity contribution >= 4 is 23.4 Å². The Bertz CT molecular complexity index is 938. The highest BCUT2D eigenvalue weighted by atomic mass is 35.5. The van der Waals surface area contributed by atoms with Crippen molar-refractivity contribution in [3.63, 3.8) is 0 Å². The van der Waals surface area contributed by atoms with Crippen molar-refractivity contribution in [3.8, 4) is 11.1 Å². The number of aryl methyl sites for hydroxylation is 2.